The number of halogens is 12. The van der Waals surface area contributed by atoms with E-state index in [1.165, 1.54) is 36.4 Å². The smallest absolute Gasteiger partial charge is 0.411 e. The lowest BCUT2D eigenvalue weighted by molar-refractivity contribution is -0.297. The standard InChI is InChI=1S/C47H31F12N3O9/c1-42(44(48,49)50,45(51,52)53)25-10-17-35(63)32(20-25)60-38(66)23-6-13-28(14-7-23)71-29-15-8-24(9-16-29)39(67)61-33-21-26(11-18-36(33)64)43(46(54,55)56,47(57,58)59)27-12-19-37(65)34(22-27)62-40(68)30-4-2-3-5-31(30)41(69)70/h2-22,63-65H,1H3,(H,60,66)(H,61,67)(H,62,68)(H,69,70)/i/hD. The number of aromatic carboxylic acids is 1. The van der Waals surface area contributed by atoms with E-state index in [-0.39, 0.29) is 47.7 Å². The van der Waals surface area contributed by atoms with Crippen molar-refractivity contribution in [2.45, 2.75) is 42.5 Å². The Balaban J connectivity index is 1.22. The van der Waals surface area contributed by atoms with Crippen LogP contribution in [-0.4, -0.2) is 70.3 Å². The number of nitrogens with one attached hydrogen (secondary N) is 3. The van der Waals surface area contributed by atoms with E-state index in [1.807, 2.05) is 10.6 Å². The van der Waals surface area contributed by atoms with Gasteiger partial charge >= 0.3 is 30.7 Å². The van der Waals surface area contributed by atoms with Gasteiger partial charge in [0.05, 0.1) is 28.2 Å². The number of amides is 3. The summed E-state index contributed by atoms with van der Waals surface area (Å²) in [5.41, 5.74) is -18.1. The van der Waals surface area contributed by atoms with Crippen molar-refractivity contribution >= 4 is 40.8 Å². The molecule has 0 bridgehead atoms. The molecule has 0 saturated heterocycles. The molecule has 0 fully saturated rings. The number of aromatic hydroxyl groups is 3. The van der Waals surface area contributed by atoms with Gasteiger partial charge in [-0.1, -0.05) is 30.3 Å². The topological polar surface area (TPSA) is 195 Å². The third-order valence-corrected chi connectivity index (χ3v) is 11.0. The van der Waals surface area contributed by atoms with E-state index in [0.29, 0.717) is 36.4 Å². The maximum absolute atomic E-state index is 15.2. The quantitative estimate of drug-likeness (QED) is 0.0435. The number of hydrogen-bond donors (Lipinski definition) is 7. The Labute approximate surface area is 392 Å². The summed E-state index contributed by atoms with van der Waals surface area (Å²) in [7, 11) is 0. The van der Waals surface area contributed by atoms with Crippen LogP contribution in [-0.2, 0) is 10.8 Å². The fourth-order valence-corrected chi connectivity index (χ4v) is 7.08. The molecule has 0 atom stereocenters. The Morgan fingerprint density at radius 1 is 0.479 bits per heavy atom. The third kappa shape index (κ3) is 10.0. The molecule has 6 aromatic rings. The second-order valence-electron chi connectivity index (χ2n) is 15.4. The van der Waals surface area contributed by atoms with Gasteiger partial charge in [0.2, 0.25) is 5.41 Å². The van der Waals surface area contributed by atoms with E-state index in [9.17, 15) is 60.8 Å². The molecule has 6 rings (SSSR count). The van der Waals surface area contributed by atoms with Gasteiger partial charge in [-0.05, 0) is 121 Å². The number of rotatable bonds is 13. The summed E-state index contributed by atoms with van der Waals surface area (Å²) in [5.74, 6) is -7.74. The Morgan fingerprint density at radius 2 is 0.845 bits per heavy atom. The molecule has 0 heterocycles. The van der Waals surface area contributed by atoms with E-state index < -0.39 is 121 Å². The minimum Gasteiger partial charge on any atom is -0.506 e. The summed E-state index contributed by atoms with van der Waals surface area (Å²) < 4.78 is 186. The number of phenolic OH excluding ortho intramolecular Hbond substituents is 3. The lowest BCUT2D eigenvalue weighted by Gasteiger charge is -2.38. The van der Waals surface area contributed by atoms with E-state index in [2.05, 4.69) is 10.4 Å². The van der Waals surface area contributed by atoms with Crippen LogP contribution in [0.4, 0.5) is 69.7 Å². The fraction of sp³-hybridized carbons (Fsp3) is 0.149. The van der Waals surface area contributed by atoms with Crippen LogP contribution in [0.5, 0.6) is 28.7 Å². The predicted octanol–water partition coefficient (Wildman–Crippen LogP) is 11.8. The van der Waals surface area contributed by atoms with E-state index in [4.69, 9.17) is 6.17 Å². The maximum atomic E-state index is 15.2. The molecule has 0 unspecified atom stereocenters. The summed E-state index contributed by atoms with van der Waals surface area (Å²) >= 11 is 0. The average Bonchev–Trinajstić information content (AvgIpc) is 3.29. The number of ether oxygens (including phenoxy) is 1. The molecule has 0 saturated carbocycles. The normalized spacial score (nSPS) is 12.6. The molecule has 0 aromatic heterocycles. The fourth-order valence-electron chi connectivity index (χ4n) is 7.08. The highest BCUT2D eigenvalue weighted by Crippen LogP contribution is 2.58. The van der Waals surface area contributed by atoms with Gasteiger partial charge in [-0.2, -0.15) is 52.7 Å². The van der Waals surface area contributed by atoms with Crippen LogP contribution < -0.4 is 20.7 Å². The number of anilines is 3. The molecule has 0 aliphatic heterocycles. The van der Waals surface area contributed by atoms with Gasteiger partial charge in [-0.3, -0.25) is 14.4 Å². The molecule has 12 nitrogen and oxygen atoms in total. The number of hydrogen-bond acceptors (Lipinski definition) is 8. The van der Waals surface area contributed by atoms with Crippen molar-refractivity contribution in [1.82, 2.24) is 0 Å². The van der Waals surface area contributed by atoms with Crippen molar-refractivity contribution in [3.8, 4) is 28.7 Å². The Bertz CT molecular complexity index is 3020. The molecule has 7 N–H and O–H groups in total. The van der Waals surface area contributed by atoms with Crippen molar-refractivity contribution in [2.24, 2.45) is 0 Å². The first-order valence-electron chi connectivity index (χ1n) is 20.2. The maximum Gasteiger partial charge on any atom is 0.411 e. The number of carbonyl (C=O) groups excluding carboxylic acids is 3. The van der Waals surface area contributed by atoms with Gasteiger partial charge in [0, 0.05) is 11.1 Å². The van der Waals surface area contributed by atoms with Crippen molar-refractivity contribution in [3.63, 3.8) is 0 Å². The Morgan fingerprint density at radius 3 is 1.24 bits per heavy atom. The summed E-state index contributed by atoms with van der Waals surface area (Å²) in [4.78, 5) is 51.0. The zero-order valence-corrected chi connectivity index (χ0v) is 35.5. The van der Waals surface area contributed by atoms with Crippen LogP contribution in [0.15, 0.2) is 127 Å². The molecular weight excluding hydrogens is 979 g/mol. The van der Waals surface area contributed by atoms with Crippen molar-refractivity contribution in [3.05, 3.63) is 166 Å². The Hall–Kier alpha value is -8.44. The van der Waals surface area contributed by atoms with Crippen LogP contribution in [0.3, 0.4) is 0 Å². The zero-order valence-electron chi connectivity index (χ0n) is 36.5. The number of carboxylic acid groups (broad SMARTS) is 1. The average molecular weight is 1010 g/mol. The van der Waals surface area contributed by atoms with Crippen molar-refractivity contribution in [2.75, 3.05) is 16.0 Å². The molecule has 71 heavy (non-hydrogen) atoms. The second-order valence-corrected chi connectivity index (χ2v) is 15.4. The van der Waals surface area contributed by atoms with Crippen LogP contribution in [0, 0.1) is 0 Å². The number of phenols is 3. The van der Waals surface area contributed by atoms with Crippen molar-refractivity contribution in [1.29, 1.82) is 1.43 Å². The second kappa shape index (κ2) is 18.8. The van der Waals surface area contributed by atoms with Crippen molar-refractivity contribution < 1.29 is 97.0 Å². The highest BCUT2D eigenvalue weighted by Gasteiger charge is 2.73. The number of benzene rings is 6. The van der Waals surface area contributed by atoms with Crippen LogP contribution >= 0.6 is 0 Å². The summed E-state index contributed by atoms with van der Waals surface area (Å²) in [6.45, 7) is -0.102. The summed E-state index contributed by atoms with van der Waals surface area (Å²) in [6, 6.07) is 16.9. The number of carbonyl (C=O) groups is 4. The molecule has 6 aromatic carbocycles. The SMILES string of the molecule is [2H]Oc1ccc(C(c2ccc(O)c(NC(=O)c3ccccc3C(=O)O)c2)(C(F)(F)F)C(F)(F)F)cc1NC(=O)c1ccc(Oc2ccc(C(=O)Nc3cc(C(C)(C(F)(F)F)C(F)(F)F)ccc3O)cc2)cc1. The lowest BCUT2D eigenvalue weighted by Crippen LogP contribution is -2.54. The predicted molar refractivity (Wildman–Crippen MR) is 227 cm³/mol. The lowest BCUT2D eigenvalue weighted by atomic mass is 9.72. The third-order valence-electron chi connectivity index (χ3n) is 11.0. The molecule has 0 spiro atoms. The van der Waals surface area contributed by atoms with Crippen LogP contribution in [0.1, 0.15) is 65.0 Å². The number of carboxylic acids is 1. The Kier molecular flexibility index (Phi) is 13.4. The minimum absolute atomic E-state index is 0.00395. The first-order valence-corrected chi connectivity index (χ1v) is 19.8. The van der Waals surface area contributed by atoms with Gasteiger partial charge in [0.25, 0.3) is 19.2 Å². The van der Waals surface area contributed by atoms with Gasteiger partial charge in [0.1, 0.15) is 28.7 Å². The molecule has 0 aliphatic carbocycles. The minimum atomic E-state index is -6.27. The van der Waals surface area contributed by atoms with E-state index in [0.717, 1.165) is 36.4 Å². The highest BCUT2D eigenvalue weighted by molar-refractivity contribution is 6.11. The monoisotopic (exact) mass is 1010 g/mol. The summed E-state index contributed by atoms with van der Waals surface area (Å²) in [6.07, 6.45) is -24.2. The zero-order chi connectivity index (χ0) is 53.4. The van der Waals surface area contributed by atoms with Gasteiger partial charge in [-0.15, -0.1) is 0 Å². The van der Waals surface area contributed by atoms with Gasteiger partial charge in [0.15, 0.2) is 5.41 Å². The first-order chi connectivity index (χ1) is 33.4. The molecular formula is C47H31F12N3O9. The summed E-state index contributed by atoms with van der Waals surface area (Å²) in [5, 5.41) is 40.5. The molecule has 0 aliphatic rings. The molecule has 24 heteroatoms. The number of alkyl halides is 12. The van der Waals surface area contributed by atoms with Gasteiger partial charge in [-0.25, -0.2) is 4.79 Å². The van der Waals surface area contributed by atoms with E-state index >= 15 is 26.3 Å². The highest BCUT2D eigenvalue weighted by atomic mass is 19.4. The molecule has 372 valence electrons. The molecule has 0 radical (unpaired) electrons. The molecule has 3 amide bonds. The largest absolute Gasteiger partial charge is 0.506 e. The van der Waals surface area contributed by atoms with Crippen LogP contribution in [0.25, 0.3) is 0 Å². The van der Waals surface area contributed by atoms with Gasteiger partial charge < -0.3 is 41.1 Å². The first kappa shape index (κ1) is 50.4. The van der Waals surface area contributed by atoms with Crippen LogP contribution in [0.2, 0.25) is 0 Å². The van der Waals surface area contributed by atoms with E-state index in [1.54, 1.807) is 0 Å².